The van der Waals surface area contributed by atoms with E-state index in [1.165, 1.54) is 77.0 Å². The number of para-hydroxylation sites is 2. The van der Waals surface area contributed by atoms with E-state index in [0.29, 0.717) is 0 Å². The Bertz CT molecular complexity index is 2240. The molecule has 0 fully saturated rings. The molecule has 232 valence electrons. The van der Waals surface area contributed by atoms with Gasteiger partial charge in [-0.25, -0.2) is 0 Å². The van der Waals surface area contributed by atoms with Crippen molar-refractivity contribution < 1.29 is 4.74 Å². The van der Waals surface area contributed by atoms with Crippen LogP contribution in [0, 0.1) is 27.7 Å². The van der Waals surface area contributed by atoms with E-state index in [4.69, 9.17) is 4.74 Å². The molecule has 8 aromatic rings. The quantitative estimate of drug-likeness (QED) is 0.138. The fourth-order valence-corrected chi connectivity index (χ4v) is 7.04. The summed E-state index contributed by atoms with van der Waals surface area (Å²) in [5.74, 6) is 1.61. The van der Waals surface area contributed by atoms with Crippen molar-refractivity contribution in [1.82, 2.24) is 9.97 Å². The molecule has 0 radical (unpaired) electrons. The Hall–Kier alpha value is -5.68. The van der Waals surface area contributed by atoms with Gasteiger partial charge in [-0.3, -0.25) is 0 Å². The topological polar surface area (TPSA) is 64.9 Å². The molecular weight excluding hydrogens is 576 g/mol. The summed E-state index contributed by atoms with van der Waals surface area (Å²) in [5.41, 5.74) is 14.7. The first-order valence-corrected chi connectivity index (χ1v) is 16.3. The maximum absolute atomic E-state index is 6.18. The van der Waals surface area contributed by atoms with Crippen molar-refractivity contribution in [3.63, 3.8) is 0 Å². The second kappa shape index (κ2) is 11.6. The molecule has 0 amide bonds. The van der Waals surface area contributed by atoms with Crippen molar-refractivity contribution in [2.24, 2.45) is 0 Å². The Kier molecular flexibility index (Phi) is 7.10. The highest BCUT2D eigenvalue weighted by molar-refractivity contribution is 6.11. The van der Waals surface area contributed by atoms with Gasteiger partial charge in [-0.05, 0) is 122 Å². The number of aromatic amines is 2. The van der Waals surface area contributed by atoms with Crippen molar-refractivity contribution in [2.75, 3.05) is 10.6 Å². The van der Waals surface area contributed by atoms with Crippen LogP contribution < -0.4 is 15.4 Å². The minimum atomic E-state index is 0.755. The first kappa shape index (κ1) is 28.8. The minimum Gasteiger partial charge on any atom is -0.457 e. The van der Waals surface area contributed by atoms with E-state index in [1.54, 1.807) is 0 Å². The van der Waals surface area contributed by atoms with E-state index in [-0.39, 0.29) is 0 Å². The smallest absolute Gasteiger partial charge is 0.127 e. The molecule has 0 aliphatic carbocycles. The van der Waals surface area contributed by atoms with E-state index in [0.717, 1.165) is 36.0 Å². The predicted octanol–water partition coefficient (Wildman–Crippen LogP) is 11.2. The Morgan fingerprint density at radius 1 is 0.511 bits per heavy atom. The van der Waals surface area contributed by atoms with Gasteiger partial charge >= 0.3 is 0 Å². The van der Waals surface area contributed by atoms with E-state index in [2.05, 4.69) is 133 Å². The number of nitrogens with one attached hydrogen (secondary N) is 4. The van der Waals surface area contributed by atoms with Crippen molar-refractivity contribution in [2.45, 2.75) is 40.8 Å². The predicted molar refractivity (Wildman–Crippen MR) is 198 cm³/mol. The highest BCUT2D eigenvalue weighted by atomic mass is 16.5. The van der Waals surface area contributed by atoms with Gasteiger partial charge in [-0.1, -0.05) is 48.5 Å². The van der Waals surface area contributed by atoms with Crippen LogP contribution in [0.3, 0.4) is 0 Å². The van der Waals surface area contributed by atoms with Crippen LogP contribution in [0.5, 0.6) is 11.5 Å². The second-order valence-electron chi connectivity index (χ2n) is 12.7. The molecule has 0 spiro atoms. The highest BCUT2D eigenvalue weighted by Crippen LogP contribution is 2.34. The van der Waals surface area contributed by atoms with Crippen LogP contribution in [-0.4, -0.2) is 9.97 Å². The van der Waals surface area contributed by atoms with E-state index in [9.17, 15) is 0 Å². The van der Waals surface area contributed by atoms with Gasteiger partial charge in [0.2, 0.25) is 0 Å². The Morgan fingerprint density at radius 3 is 1.34 bits per heavy atom. The third kappa shape index (κ3) is 5.24. The number of anilines is 2. The van der Waals surface area contributed by atoms with E-state index >= 15 is 0 Å². The number of H-pyrrole nitrogens is 2. The van der Waals surface area contributed by atoms with Crippen LogP contribution >= 0.6 is 0 Å². The summed E-state index contributed by atoms with van der Waals surface area (Å²) < 4.78 is 6.18. The number of ether oxygens (including phenoxy) is 1. The molecule has 2 aromatic heterocycles. The molecule has 6 aromatic carbocycles. The average molecular weight is 615 g/mol. The molecule has 5 nitrogen and oxygen atoms in total. The van der Waals surface area contributed by atoms with Gasteiger partial charge in [0.1, 0.15) is 11.5 Å². The number of hydrogen-bond acceptors (Lipinski definition) is 3. The van der Waals surface area contributed by atoms with Gasteiger partial charge in [-0.15, -0.1) is 0 Å². The summed E-state index contributed by atoms with van der Waals surface area (Å²) in [6.07, 6.45) is 0. The number of aryl methyl sites for hydroxylation is 4. The Morgan fingerprint density at radius 2 is 0.915 bits per heavy atom. The molecule has 0 unspecified atom stereocenters. The van der Waals surface area contributed by atoms with Crippen LogP contribution in [0.4, 0.5) is 11.4 Å². The largest absolute Gasteiger partial charge is 0.457 e. The Balaban J connectivity index is 0.911. The maximum Gasteiger partial charge on any atom is 0.127 e. The first-order valence-electron chi connectivity index (χ1n) is 16.3. The molecule has 0 aliphatic rings. The third-order valence-electron chi connectivity index (χ3n) is 9.61. The van der Waals surface area contributed by atoms with Crippen LogP contribution in [0.25, 0.3) is 43.6 Å². The molecule has 4 N–H and O–H groups in total. The lowest BCUT2D eigenvalue weighted by Crippen LogP contribution is -2.02. The highest BCUT2D eigenvalue weighted by Gasteiger charge is 2.14. The molecule has 2 heterocycles. The first-order chi connectivity index (χ1) is 22.9. The summed E-state index contributed by atoms with van der Waals surface area (Å²) in [4.78, 5) is 7.21. The maximum atomic E-state index is 6.18. The number of rotatable bonds is 8. The van der Waals surface area contributed by atoms with Crippen LogP contribution in [-0.2, 0) is 13.1 Å². The molecule has 0 bridgehead atoms. The fourth-order valence-electron chi connectivity index (χ4n) is 7.04. The summed E-state index contributed by atoms with van der Waals surface area (Å²) >= 11 is 0. The lowest BCUT2D eigenvalue weighted by molar-refractivity contribution is 0.483. The minimum absolute atomic E-state index is 0.755. The van der Waals surface area contributed by atoms with Crippen molar-refractivity contribution >= 4 is 55.0 Å². The standard InChI is InChI=1S/C42H38N4O/c1-25-21-29(27(3)39-35-9-5-7-11-37(35)45-41(25)39)23-43-31-13-17-33(18-14-31)47-34-19-15-32(16-20-34)44-24-30-22-26(2)42-40(28(30)4)36-10-6-8-12-38(36)46-42/h5-22,43-46H,23-24H2,1-4H3. The van der Waals surface area contributed by atoms with Crippen LogP contribution in [0.2, 0.25) is 0 Å². The fraction of sp³-hybridized carbons (Fsp3) is 0.143. The molecule has 0 saturated carbocycles. The van der Waals surface area contributed by atoms with Gasteiger partial charge < -0.3 is 25.3 Å². The number of benzene rings is 6. The van der Waals surface area contributed by atoms with E-state index in [1.807, 2.05) is 24.3 Å². The molecule has 0 saturated heterocycles. The van der Waals surface area contributed by atoms with Crippen LogP contribution in [0.1, 0.15) is 33.4 Å². The lowest BCUT2D eigenvalue weighted by atomic mass is 9.98. The lowest BCUT2D eigenvalue weighted by Gasteiger charge is -2.14. The zero-order chi connectivity index (χ0) is 32.1. The zero-order valence-corrected chi connectivity index (χ0v) is 27.2. The van der Waals surface area contributed by atoms with Gasteiger partial charge in [0.05, 0.1) is 0 Å². The zero-order valence-electron chi connectivity index (χ0n) is 27.2. The van der Waals surface area contributed by atoms with Crippen LogP contribution in [0.15, 0.2) is 109 Å². The average Bonchev–Trinajstić information content (AvgIpc) is 3.69. The monoisotopic (exact) mass is 614 g/mol. The second-order valence-corrected chi connectivity index (χ2v) is 12.7. The van der Waals surface area contributed by atoms with E-state index < -0.39 is 0 Å². The van der Waals surface area contributed by atoms with Gasteiger partial charge in [0.15, 0.2) is 0 Å². The summed E-state index contributed by atoms with van der Waals surface area (Å²) in [6, 6.07) is 38.0. The number of aromatic nitrogens is 2. The third-order valence-corrected chi connectivity index (χ3v) is 9.61. The summed E-state index contributed by atoms with van der Waals surface area (Å²) in [6.45, 7) is 10.3. The summed E-state index contributed by atoms with van der Waals surface area (Å²) in [5, 5.41) is 12.4. The number of hydrogen-bond donors (Lipinski definition) is 4. The van der Waals surface area contributed by atoms with Crippen molar-refractivity contribution in [1.29, 1.82) is 0 Å². The van der Waals surface area contributed by atoms with Gasteiger partial charge in [0.25, 0.3) is 0 Å². The van der Waals surface area contributed by atoms with Gasteiger partial charge in [0, 0.05) is 68.1 Å². The molecule has 5 heteroatoms. The molecule has 0 atom stereocenters. The SMILES string of the molecule is Cc1cc(CNc2ccc(Oc3ccc(NCc4cc(C)c5[nH]c6ccccc6c5c4C)cc3)cc2)c(C)c2c1[nH]c1ccccc12. The van der Waals surface area contributed by atoms with Crippen molar-refractivity contribution in [3.05, 3.63) is 143 Å². The molecule has 8 rings (SSSR count). The van der Waals surface area contributed by atoms with Crippen molar-refractivity contribution in [3.8, 4) is 11.5 Å². The molecular formula is C42H38N4O. The molecule has 0 aliphatic heterocycles. The normalized spacial score (nSPS) is 11.6. The Labute approximate surface area is 274 Å². The summed E-state index contributed by atoms with van der Waals surface area (Å²) in [7, 11) is 0. The molecule has 47 heavy (non-hydrogen) atoms. The van der Waals surface area contributed by atoms with Gasteiger partial charge in [-0.2, -0.15) is 0 Å². The number of fused-ring (bicyclic) bond motifs is 6.